The van der Waals surface area contributed by atoms with E-state index in [9.17, 15) is 8.42 Å². The lowest BCUT2D eigenvalue weighted by Gasteiger charge is -2.32. The third-order valence-electron chi connectivity index (χ3n) is 4.58. The summed E-state index contributed by atoms with van der Waals surface area (Å²) in [4.78, 5) is 4.55. The highest BCUT2D eigenvalue weighted by Gasteiger charge is 2.37. The Morgan fingerprint density at radius 1 is 1.21 bits per heavy atom. The van der Waals surface area contributed by atoms with Crippen LogP contribution in [-0.2, 0) is 28.0 Å². The Balaban J connectivity index is 1.71. The molecule has 1 atom stereocenters. The van der Waals surface area contributed by atoms with Gasteiger partial charge in [0, 0.05) is 6.54 Å². The van der Waals surface area contributed by atoms with Crippen LogP contribution >= 0.6 is 0 Å². The van der Waals surface area contributed by atoms with E-state index in [2.05, 4.69) is 10.1 Å². The summed E-state index contributed by atoms with van der Waals surface area (Å²) in [6, 6.07) is 4.83. The molecule has 0 aliphatic carbocycles. The first-order valence-electron chi connectivity index (χ1n) is 8.07. The molecular formula is C16H19N3O4S. The molecule has 2 aliphatic heterocycles. The molecule has 1 aromatic carbocycles. The maximum atomic E-state index is 13.2. The van der Waals surface area contributed by atoms with E-state index in [1.807, 2.05) is 6.07 Å². The third kappa shape index (κ3) is 2.64. The summed E-state index contributed by atoms with van der Waals surface area (Å²) in [6.07, 6.45) is 2.46. The number of fused-ring (bicyclic) bond motifs is 1. The van der Waals surface area contributed by atoms with Crippen molar-refractivity contribution in [1.29, 1.82) is 0 Å². The van der Waals surface area contributed by atoms with Crippen molar-refractivity contribution in [3.63, 3.8) is 0 Å². The maximum absolute atomic E-state index is 13.2. The van der Waals surface area contributed by atoms with Crippen LogP contribution in [0, 0.1) is 6.92 Å². The minimum absolute atomic E-state index is 0.301. The first kappa shape index (κ1) is 15.7. The molecule has 1 unspecified atom stereocenters. The summed E-state index contributed by atoms with van der Waals surface area (Å²) >= 11 is 0. The highest BCUT2D eigenvalue weighted by Crippen LogP contribution is 2.35. The number of hydrogen-bond acceptors (Lipinski definition) is 6. The van der Waals surface area contributed by atoms with Crippen molar-refractivity contribution in [2.75, 3.05) is 6.54 Å². The number of aromatic nitrogens is 2. The zero-order valence-corrected chi connectivity index (χ0v) is 14.3. The van der Waals surface area contributed by atoms with Gasteiger partial charge in [-0.15, -0.1) is 0 Å². The van der Waals surface area contributed by atoms with Gasteiger partial charge in [0.15, 0.2) is 5.82 Å². The van der Waals surface area contributed by atoms with Crippen LogP contribution in [0.3, 0.4) is 0 Å². The molecule has 0 amide bonds. The molecule has 1 fully saturated rings. The number of hydrogen-bond donors (Lipinski definition) is 0. The number of sulfonamides is 1. The van der Waals surface area contributed by atoms with Crippen molar-refractivity contribution in [3.8, 4) is 0 Å². The van der Waals surface area contributed by atoms with E-state index in [1.54, 1.807) is 19.1 Å². The molecule has 8 heteroatoms. The summed E-state index contributed by atoms with van der Waals surface area (Å²) < 4.78 is 38.5. The van der Waals surface area contributed by atoms with Crippen LogP contribution in [0.4, 0.5) is 0 Å². The average Bonchev–Trinajstić information content (AvgIpc) is 3.22. The molecule has 2 aliphatic rings. The van der Waals surface area contributed by atoms with Gasteiger partial charge < -0.3 is 9.26 Å². The topological polar surface area (TPSA) is 85.5 Å². The first-order valence-corrected chi connectivity index (χ1v) is 9.51. The molecule has 0 N–H and O–H groups in total. The SMILES string of the molecule is Cc1noc(C2CCCCN2S(=O)(=O)c2ccc3c(c2)COC3)n1. The lowest BCUT2D eigenvalue weighted by Crippen LogP contribution is -2.38. The molecular weight excluding hydrogens is 330 g/mol. The third-order valence-corrected chi connectivity index (χ3v) is 6.49. The Kier molecular flexibility index (Phi) is 3.90. The minimum atomic E-state index is -3.62. The number of piperidine rings is 1. The second-order valence-electron chi connectivity index (χ2n) is 6.23. The number of aryl methyl sites for hydroxylation is 1. The molecule has 128 valence electrons. The van der Waals surface area contributed by atoms with Gasteiger partial charge in [-0.3, -0.25) is 0 Å². The van der Waals surface area contributed by atoms with Gasteiger partial charge in [0.05, 0.1) is 18.1 Å². The minimum Gasteiger partial charge on any atom is -0.372 e. The fourth-order valence-electron chi connectivity index (χ4n) is 3.33. The van der Waals surface area contributed by atoms with Crippen LogP contribution in [0.25, 0.3) is 0 Å². The number of nitrogens with zero attached hydrogens (tertiary/aromatic N) is 3. The van der Waals surface area contributed by atoms with Crippen LogP contribution in [-0.4, -0.2) is 29.4 Å². The molecule has 2 aromatic rings. The Labute approximate surface area is 140 Å². The Bertz CT molecular complexity index is 862. The molecule has 3 heterocycles. The quantitative estimate of drug-likeness (QED) is 0.845. The summed E-state index contributed by atoms with van der Waals surface area (Å²) in [5.74, 6) is 0.892. The van der Waals surface area contributed by atoms with Crippen molar-refractivity contribution >= 4 is 10.0 Å². The second kappa shape index (κ2) is 5.94. The molecule has 0 saturated carbocycles. The van der Waals surface area contributed by atoms with Crippen molar-refractivity contribution in [2.24, 2.45) is 0 Å². The van der Waals surface area contributed by atoms with Gasteiger partial charge in [-0.2, -0.15) is 9.29 Å². The highest BCUT2D eigenvalue weighted by molar-refractivity contribution is 7.89. The van der Waals surface area contributed by atoms with Gasteiger partial charge in [-0.1, -0.05) is 17.6 Å². The summed E-state index contributed by atoms with van der Waals surface area (Å²) in [7, 11) is -3.62. The first-order chi connectivity index (χ1) is 11.6. The second-order valence-corrected chi connectivity index (χ2v) is 8.12. The van der Waals surface area contributed by atoms with Gasteiger partial charge in [-0.05, 0) is 43.0 Å². The van der Waals surface area contributed by atoms with Gasteiger partial charge in [-0.25, -0.2) is 8.42 Å². The molecule has 1 saturated heterocycles. The van der Waals surface area contributed by atoms with Crippen molar-refractivity contribution in [3.05, 3.63) is 41.0 Å². The van der Waals surface area contributed by atoms with E-state index in [4.69, 9.17) is 9.26 Å². The molecule has 0 spiro atoms. The number of benzene rings is 1. The lowest BCUT2D eigenvalue weighted by atomic mass is 10.1. The fraction of sp³-hybridized carbons (Fsp3) is 0.500. The predicted octanol–water partition coefficient (Wildman–Crippen LogP) is 2.32. The Morgan fingerprint density at radius 2 is 2.04 bits per heavy atom. The molecule has 0 radical (unpaired) electrons. The zero-order valence-electron chi connectivity index (χ0n) is 13.4. The van der Waals surface area contributed by atoms with Gasteiger partial charge >= 0.3 is 0 Å². The summed E-state index contributed by atoms with van der Waals surface area (Å²) in [5.41, 5.74) is 2.00. The van der Waals surface area contributed by atoms with Crippen molar-refractivity contribution in [1.82, 2.24) is 14.4 Å². The molecule has 1 aromatic heterocycles. The molecule has 7 nitrogen and oxygen atoms in total. The van der Waals surface area contributed by atoms with Gasteiger partial charge in [0.25, 0.3) is 0 Å². The standard InChI is InChI=1S/C16H19N3O4S/c1-11-17-16(23-18-11)15-4-2-3-7-19(15)24(20,21)14-6-5-12-9-22-10-13(12)8-14/h5-6,8,15H,2-4,7,9-10H2,1H3. The predicted molar refractivity (Wildman–Crippen MR) is 84.5 cm³/mol. The van der Waals surface area contributed by atoms with Crippen molar-refractivity contribution in [2.45, 2.75) is 50.3 Å². The molecule has 24 heavy (non-hydrogen) atoms. The highest BCUT2D eigenvalue weighted by atomic mass is 32.2. The van der Waals surface area contributed by atoms with E-state index < -0.39 is 16.1 Å². The maximum Gasteiger partial charge on any atom is 0.245 e. The summed E-state index contributed by atoms with van der Waals surface area (Å²) in [6.45, 7) is 3.20. The van der Waals surface area contributed by atoms with Gasteiger partial charge in [0.2, 0.25) is 15.9 Å². The smallest absolute Gasteiger partial charge is 0.245 e. The average molecular weight is 349 g/mol. The monoisotopic (exact) mass is 349 g/mol. The zero-order chi connectivity index (χ0) is 16.7. The molecule has 4 rings (SSSR count). The van der Waals surface area contributed by atoms with Gasteiger partial charge in [0.1, 0.15) is 6.04 Å². The van der Waals surface area contributed by atoms with Crippen molar-refractivity contribution < 1.29 is 17.7 Å². The van der Waals surface area contributed by atoms with E-state index in [0.29, 0.717) is 42.8 Å². The van der Waals surface area contributed by atoms with E-state index in [1.165, 1.54) is 4.31 Å². The van der Waals surface area contributed by atoms with Crippen LogP contribution in [0.2, 0.25) is 0 Å². The van der Waals surface area contributed by atoms with E-state index in [0.717, 1.165) is 24.0 Å². The van der Waals surface area contributed by atoms with Crippen LogP contribution in [0.5, 0.6) is 0 Å². The fourth-order valence-corrected chi connectivity index (χ4v) is 5.03. The normalized spacial score (nSPS) is 21.8. The van der Waals surface area contributed by atoms with E-state index >= 15 is 0 Å². The number of ether oxygens (including phenoxy) is 1. The van der Waals surface area contributed by atoms with Crippen LogP contribution in [0.1, 0.15) is 48.1 Å². The molecule has 0 bridgehead atoms. The van der Waals surface area contributed by atoms with Crippen LogP contribution in [0.15, 0.2) is 27.6 Å². The Hall–Kier alpha value is -1.77. The number of rotatable bonds is 3. The van der Waals surface area contributed by atoms with Crippen LogP contribution < -0.4 is 0 Å². The Morgan fingerprint density at radius 3 is 2.83 bits per heavy atom. The van der Waals surface area contributed by atoms with E-state index in [-0.39, 0.29) is 0 Å². The largest absolute Gasteiger partial charge is 0.372 e. The summed E-state index contributed by atoms with van der Waals surface area (Å²) in [5, 5.41) is 3.80. The lowest BCUT2D eigenvalue weighted by molar-refractivity contribution is 0.134.